The van der Waals surface area contributed by atoms with E-state index in [4.69, 9.17) is 5.14 Å². The summed E-state index contributed by atoms with van der Waals surface area (Å²) in [6, 6.07) is 6.13. The second-order valence-corrected chi connectivity index (χ2v) is 8.41. The Hall–Kier alpha value is -1.93. The average molecular weight is 367 g/mol. The Balaban J connectivity index is 1.83. The summed E-state index contributed by atoms with van der Waals surface area (Å²) in [6.07, 6.45) is 1.57. The van der Waals surface area contributed by atoms with Gasteiger partial charge in [-0.15, -0.1) is 0 Å². The number of sulfonamides is 1. The molecule has 0 spiro atoms. The number of hydrogen-bond donors (Lipinski definition) is 2. The molecule has 8 heteroatoms. The van der Waals surface area contributed by atoms with Gasteiger partial charge in [0.1, 0.15) is 0 Å². The Morgan fingerprint density at radius 1 is 1.16 bits per heavy atom. The molecule has 1 aliphatic heterocycles. The van der Waals surface area contributed by atoms with E-state index in [1.165, 1.54) is 12.1 Å². The van der Waals surface area contributed by atoms with Crippen LogP contribution in [0.1, 0.15) is 25.8 Å². The van der Waals surface area contributed by atoms with Crippen molar-refractivity contribution in [3.63, 3.8) is 0 Å². The minimum absolute atomic E-state index is 0.0452. The number of piperidine rings is 1. The molecular weight excluding hydrogens is 342 g/mol. The first-order valence-electron chi connectivity index (χ1n) is 8.35. The maximum Gasteiger partial charge on any atom is 0.311 e. The van der Waals surface area contributed by atoms with E-state index in [0.29, 0.717) is 37.9 Å². The molecule has 1 heterocycles. The van der Waals surface area contributed by atoms with E-state index in [2.05, 4.69) is 19.2 Å². The van der Waals surface area contributed by atoms with Gasteiger partial charge in [-0.05, 0) is 42.4 Å². The topological polar surface area (TPSA) is 110 Å². The molecule has 0 bridgehead atoms. The van der Waals surface area contributed by atoms with Crippen LogP contribution in [0.3, 0.4) is 0 Å². The predicted molar refractivity (Wildman–Crippen MR) is 94.1 cm³/mol. The van der Waals surface area contributed by atoms with Crippen molar-refractivity contribution in [2.24, 2.45) is 17.0 Å². The average Bonchev–Trinajstić information content (AvgIpc) is 2.52. The number of likely N-dealkylation sites (tertiary alicyclic amines) is 1. The standard InChI is InChI=1S/C17H25N3O4S/c1-12-9-13(2)11-20(10-12)17(22)16(21)19-8-7-14-3-5-15(6-4-14)25(18,23)24/h3-6,12-13H,7-11H2,1-2H3,(H,19,21)(H2,18,23,24). The fourth-order valence-corrected chi connectivity index (χ4v) is 3.73. The summed E-state index contributed by atoms with van der Waals surface area (Å²) in [5.74, 6) is -0.277. The second-order valence-electron chi connectivity index (χ2n) is 6.85. The summed E-state index contributed by atoms with van der Waals surface area (Å²) in [7, 11) is -3.71. The van der Waals surface area contributed by atoms with E-state index >= 15 is 0 Å². The van der Waals surface area contributed by atoms with Gasteiger partial charge in [0, 0.05) is 19.6 Å². The number of nitrogens with two attached hydrogens (primary N) is 1. The van der Waals surface area contributed by atoms with Crippen LogP contribution in [0.4, 0.5) is 0 Å². The van der Waals surface area contributed by atoms with Gasteiger partial charge in [-0.25, -0.2) is 13.6 Å². The molecule has 1 aromatic rings. The van der Waals surface area contributed by atoms with Crippen LogP contribution in [-0.2, 0) is 26.0 Å². The Morgan fingerprint density at radius 3 is 2.24 bits per heavy atom. The van der Waals surface area contributed by atoms with Gasteiger partial charge in [-0.2, -0.15) is 0 Å². The number of rotatable bonds is 4. The van der Waals surface area contributed by atoms with E-state index in [1.807, 2.05) is 0 Å². The van der Waals surface area contributed by atoms with Crippen molar-refractivity contribution in [2.75, 3.05) is 19.6 Å². The third kappa shape index (κ3) is 5.54. The summed E-state index contributed by atoms with van der Waals surface area (Å²) in [5.41, 5.74) is 0.848. The first kappa shape index (κ1) is 19.4. The van der Waals surface area contributed by atoms with Crippen molar-refractivity contribution in [3.8, 4) is 0 Å². The van der Waals surface area contributed by atoms with Crippen LogP contribution in [0, 0.1) is 11.8 Å². The highest BCUT2D eigenvalue weighted by Gasteiger charge is 2.28. The zero-order chi connectivity index (χ0) is 18.6. The smallest absolute Gasteiger partial charge is 0.311 e. The van der Waals surface area contributed by atoms with Crippen molar-refractivity contribution in [3.05, 3.63) is 29.8 Å². The molecule has 0 saturated carbocycles. The molecule has 0 aromatic heterocycles. The Morgan fingerprint density at radius 2 is 1.72 bits per heavy atom. The fraction of sp³-hybridized carbons (Fsp3) is 0.529. The Labute approximate surface area is 148 Å². The maximum absolute atomic E-state index is 12.2. The van der Waals surface area contributed by atoms with E-state index in [1.54, 1.807) is 17.0 Å². The van der Waals surface area contributed by atoms with Crippen molar-refractivity contribution in [2.45, 2.75) is 31.6 Å². The fourth-order valence-electron chi connectivity index (χ4n) is 3.21. The zero-order valence-corrected chi connectivity index (χ0v) is 15.4. The lowest BCUT2D eigenvalue weighted by Crippen LogP contribution is -2.49. The number of nitrogens with one attached hydrogen (secondary N) is 1. The van der Waals surface area contributed by atoms with Crippen molar-refractivity contribution < 1.29 is 18.0 Å². The number of hydrogen-bond acceptors (Lipinski definition) is 4. The number of amides is 2. The second kappa shape index (κ2) is 7.97. The van der Waals surface area contributed by atoms with Crippen LogP contribution in [0.5, 0.6) is 0 Å². The third-order valence-corrected chi connectivity index (χ3v) is 5.23. The normalized spacial score (nSPS) is 21.0. The van der Waals surface area contributed by atoms with Crippen molar-refractivity contribution >= 4 is 21.8 Å². The zero-order valence-electron chi connectivity index (χ0n) is 14.6. The number of carbonyl (C=O) groups excluding carboxylic acids is 2. The van der Waals surface area contributed by atoms with Crippen molar-refractivity contribution in [1.29, 1.82) is 0 Å². The molecule has 3 N–H and O–H groups in total. The molecule has 1 saturated heterocycles. The molecule has 138 valence electrons. The van der Waals surface area contributed by atoms with Crippen LogP contribution in [0.25, 0.3) is 0 Å². The molecule has 1 fully saturated rings. The number of nitrogens with zero attached hydrogens (tertiary/aromatic N) is 1. The largest absolute Gasteiger partial charge is 0.347 e. The van der Waals surface area contributed by atoms with Crippen LogP contribution in [0.15, 0.2) is 29.2 Å². The molecule has 2 rings (SSSR count). The predicted octanol–water partition coefficient (Wildman–Crippen LogP) is 0.497. The molecule has 1 aromatic carbocycles. The van der Waals surface area contributed by atoms with E-state index in [-0.39, 0.29) is 4.90 Å². The lowest BCUT2D eigenvalue weighted by molar-refractivity contribution is -0.147. The SMILES string of the molecule is CC1CC(C)CN(C(=O)C(=O)NCCc2ccc(S(N)(=O)=O)cc2)C1. The van der Waals surface area contributed by atoms with Gasteiger partial charge in [0.2, 0.25) is 10.0 Å². The third-order valence-electron chi connectivity index (χ3n) is 4.30. The minimum atomic E-state index is -3.71. The highest BCUT2D eigenvalue weighted by Crippen LogP contribution is 2.20. The van der Waals surface area contributed by atoms with Gasteiger partial charge >= 0.3 is 11.8 Å². The van der Waals surface area contributed by atoms with Crippen molar-refractivity contribution in [1.82, 2.24) is 10.2 Å². The summed E-state index contributed by atoms with van der Waals surface area (Å²) in [4.78, 5) is 25.9. The number of primary sulfonamides is 1. The molecular formula is C17H25N3O4S. The first-order chi connectivity index (χ1) is 11.7. The van der Waals surface area contributed by atoms with E-state index in [9.17, 15) is 18.0 Å². The highest BCUT2D eigenvalue weighted by molar-refractivity contribution is 7.89. The molecule has 1 aliphatic rings. The summed E-state index contributed by atoms with van der Waals surface area (Å²) in [6.45, 7) is 5.70. The minimum Gasteiger partial charge on any atom is -0.347 e. The lowest BCUT2D eigenvalue weighted by Gasteiger charge is -2.34. The molecule has 0 aliphatic carbocycles. The van der Waals surface area contributed by atoms with Crippen LogP contribution >= 0.6 is 0 Å². The maximum atomic E-state index is 12.2. The molecule has 7 nitrogen and oxygen atoms in total. The Kier molecular flexibility index (Phi) is 6.18. The van der Waals surface area contributed by atoms with Gasteiger partial charge in [0.15, 0.2) is 0 Å². The molecule has 2 atom stereocenters. The van der Waals surface area contributed by atoms with Gasteiger partial charge in [-0.1, -0.05) is 26.0 Å². The van der Waals surface area contributed by atoms with Crippen LogP contribution in [-0.4, -0.2) is 44.8 Å². The number of carbonyl (C=O) groups is 2. The summed E-state index contributed by atoms with van der Waals surface area (Å²) >= 11 is 0. The van der Waals surface area contributed by atoms with Crippen LogP contribution in [0.2, 0.25) is 0 Å². The lowest BCUT2D eigenvalue weighted by atomic mass is 9.92. The highest BCUT2D eigenvalue weighted by atomic mass is 32.2. The van der Waals surface area contributed by atoms with Gasteiger partial charge in [0.05, 0.1) is 4.90 Å². The molecule has 2 amide bonds. The molecule has 2 unspecified atom stereocenters. The van der Waals surface area contributed by atoms with E-state index < -0.39 is 21.8 Å². The van der Waals surface area contributed by atoms with Gasteiger partial charge < -0.3 is 10.2 Å². The van der Waals surface area contributed by atoms with Gasteiger partial charge in [0.25, 0.3) is 0 Å². The molecule has 25 heavy (non-hydrogen) atoms. The molecule has 0 radical (unpaired) electrons. The van der Waals surface area contributed by atoms with Crippen LogP contribution < -0.4 is 10.5 Å². The summed E-state index contributed by atoms with van der Waals surface area (Å²) in [5, 5.41) is 7.67. The van der Waals surface area contributed by atoms with E-state index in [0.717, 1.165) is 12.0 Å². The quantitative estimate of drug-likeness (QED) is 0.755. The monoisotopic (exact) mass is 367 g/mol. The van der Waals surface area contributed by atoms with Gasteiger partial charge in [-0.3, -0.25) is 9.59 Å². The number of benzene rings is 1. The Bertz CT molecular complexity index is 721. The first-order valence-corrected chi connectivity index (χ1v) is 9.90. The summed E-state index contributed by atoms with van der Waals surface area (Å²) < 4.78 is 22.4.